The van der Waals surface area contributed by atoms with Gasteiger partial charge in [0.25, 0.3) is 0 Å². The third-order valence-corrected chi connectivity index (χ3v) is 5.65. The van der Waals surface area contributed by atoms with Crippen molar-refractivity contribution in [2.75, 3.05) is 37.4 Å². The number of ether oxygens (including phenoxy) is 1. The van der Waals surface area contributed by atoms with E-state index in [0.717, 1.165) is 5.56 Å². The number of aryl methyl sites for hydroxylation is 1. The molecular weight excluding hydrogens is 406 g/mol. The van der Waals surface area contributed by atoms with E-state index >= 15 is 0 Å². The number of rotatable bonds is 6. The van der Waals surface area contributed by atoms with Gasteiger partial charge in [-0.3, -0.25) is 14.5 Å². The number of carbonyl (C=O) groups excluding carboxylic acids is 2. The van der Waals surface area contributed by atoms with Crippen molar-refractivity contribution in [2.45, 2.75) is 19.8 Å². The summed E-state index contributed by atoms with van der Waals surface area (Å²) < 4.78 is 5.29. The zero-order valence-electron chi connectivity index (χ0n) is 17.1. The minimum absolute atomic E-state index is 0.0489. The van der Waals surface area contributed by atoms with Crippen LogP contribution in [0, 0.1) is 12.8 Å². The number of carbonyl (C=O) groups is 2. The summed E-state index contributed by atoms with van der Waals surface area (Å²) >= 11 is 6.11. The fraction of sp³-hybridized carbons (Fsp3) is 0.364. The van der Waals surface area contributed by atoms with E-state index in [0.29, 0.717) is 48.1 Å². The number of nitrogens with one attached hydrogen (secondary N) is 2. The second kappa shape index (κ2) is 9.82. The number of halogens is 1. The molecule has 0 unspecified atom stereocenters. The first-order chi connectivity index (χ1) is 14.4. The van der Waals surface area contributed by atoms with Gasteiger partial charge in [-0.25, -0.2) is 0 Å². The quantitative estimate of drug-likeness (QED) is 0.607. The molecule has 8 heteroatoms. The molecule has 2 aromatic carbocycles. The van der Waals surface area contributed by atoms with Gasteiger partial charge in [0.15, 0.2) is 0 Å². The second-order valence-corrected chi connectivity index (χ2v) is 7.81. The Morgan fingerprint density at radius 1 is 1.17 bits per heavy atom. The molecule has 0 aliphatic carbocycles. The van der Waals surface area contributed by atoms with Crippen molar-refractivity contribution in [3.05, 3.63) is 47.0 Å². The lowest BCUT2D eigenvalue weighted by Gasteiger charge is -2.30. The fourth-order valence-electron chi connectivity index (χ4n) is 3.49. The number of para-hydroxylation sites is 2. The van der Waals surface area contributed by atoms with Crippen molar-refractivity contribution in [3.63, 3.8) is 0 Å². The van der Waals surface area contributed by atoms with Gasteiger partial charge in [-0.15, -0.1) is 0 Å². The smallest absolute Gasteiger partial charge is 0.238 e. The largest absolute Gasteiger partial charge is 0.506 e. The number of hydrogen-bond acceptors (Lipinski definition) is 5. The lowest BCUT2D eigenvalue weighted by atomic mass is 9.95. The summed E-state index contributed by atoms with van der Waals surface area (Å²) in [5.74, 6) is 0.156. The van der Waals surface area contributed by atoms with Gasteiger partial charge in [0.2, 0.25) is 11.8 Å². The summed E-state index contributed by atoms with van der Waals surface area (Å²) in [4.78, 5) is 27.0. The van der Waals surface area contributed by atoms with Crippen LogP contribution >= 0.6 is 11.6 Å². The van der Waals surface area contributed by atoms with Gasteiger partial charge in [0, 0.05) is 17.0 Å². The molecule has 2 aromatic rings. The molecule has 0 atom stereocenters. The van der Waals surface area contributed by atoms with Gasteiger partial charge in [-0.1, -0.05) is 23.7 Å². The van der Waals surface area contributed by atoms with Gasteiger partial charge in [0.05, 0.1) is 25.0 Å². The van der Waals surface area contributed by atoms with Crippen LogP contribution < -0.4 is 15.4 Å². The number of anilines is 2. The number of hydrogen-bond donors (Lipinski definition) is 3. The van der Waals surface area contributed by atoms with Gasteiger partial charge < -0.3 is 20.5 Å². The molecule has 2 amide bonds. The highest BCUT2D eigenvalue weighted by molar-refractivity contribution is 6.31. The Kier molecular flexibility index (Phi) is 7.18. The Morgan fingerprint density at radius 2 is 1.87 bits per heavy atom. The number of phenolic OH excluding ortho intramolecular Hbond substituents is 1. The first-order valence-electron chi connectivity index (χ1n) is 9.82. The zero-order valence-corrected chi connectivity index (χ0v) is 17.8. The Bertz CT molecular complexity index is 927. The first kappa shape index (κ1) is 21.9. The maximum Gasteiger partial charge on any atom is 0.238 e. The van der Waals surface area contributed by atoms with Gasteiger partial charge in [-0.2, -0.15) is 0 Å². The number of benzene rings is 2. The van der Waals surface area contributed by atoms with Crippen LogP contribution in [0.1, 0.15) is 18.4 Å². The molecular formula is C22H26ClN3O4. The number of likely N-dealkylation sites (tertiary alicyclic amines) is 1. The third-order valence-electron chi connectivity index (χ3n) is 5.24. The van der Waals surface area contributed by atoms with Crippen molar-refractivity contribution in [1.82, 2.24) is 4.90 Å². The first-order valence-corrected chi connectivity index (χ1v) is 10.2. The molecule has 0 bridgehead atoms. The third kappa shape index (κ3) is 5.43. The standard InChI is InChI=1S/C22H26ClN3O4/c1-14-11-18(20(30-2)12-16(14)23)24-21(28)13-26-9-7-15(8-10-26)22(29)25-17-5-3-4-6-19(17)27/h3-6,11-12,15,27H,7-10,13H2,1-2H3,(H,24,28)(H,25,29). The Balaban J connectivity index is 1.50. The summed E-state index contributed by atoms with van der Waals surface area (Å²) in [6.45, 7) is 3.38. The number of piperidine rings is 1. The predicted octanol–water partition coefficient (Wildman–Crippen LogP) is 3.65. The molecule has 1 heterocycles. The van der Waals surface area contributed by atoms with Crippen LogP contribution in [0.25, 0.3) is 0 Å². The topological polar surface area (TPSA) is 90.9 Å². The summed E-state index contributed by atoms with van der Waals surface area (Å²) in [6, 6.07) is 10.1. The van der Waals surface area contributed by atoms with Crippen molar-refractivity contribution < 1.29 is 19.4 Å². The molecule has 0 aromatic heterocycles. The molecule has 1 aliphatic heterocycles. The molecule has 7 nitrogen and oxygen atoms in total. The monoisotopic (exact) mass is 431 g/mol. The fourth-order valence-corrected chi connectivity index (χ4v) is 3.64. The molecule has 0 radical (unpaired) electrons. The van der Waals surface area contributed by atoms with E-state index in [1.807, 2.05) is 11.8 Å². The molecule has 3 rings (SSSR count). The lowest BCUT2D eigenvalue weighted by Crippen LogP contribution is -2.41. The number of aromatic hydroxyl groups is 1. The van der Waals surface area contributed by atoms with E-state index in [2.05, 4.69) is 10.6 Å². The summed E-state index contributed by atoms with van der Waals surface area (Å²) in [5.41, 5.74) is 1.85. The molecule has 1 saturated heterocycles. The molecule has 0 spiro atoms. The molecule has 3 N–H and O–H groups in total. The highest BCUT2D eigenvalue weighted by Crippen LogP contribution is 2.31. The normalized spacial score (nSPS) is 14.9. The van der Waals surface area contributed by atoms with Crippen LogP contribution in [0.5, 0.6) is 11.5 Å². The van der Waals surface area contributed by atoms with Crippen LogP contribution in [-0.4, -0.2) is 48.6 Å². The Hall–Kier alpha value is -2.77. The lowest BCUT2D eigenvalue weighted by molar-refractivity contribution is -0.121. The van der Waals surface area contributed by atoms with Gasteiger partial charge >= 0.3 is 0 Å². The molecule has 30 heavy (non-hydrogen) atoms. The van der Waals surface area contributed by atoms with Crippen LogP contribution in [-0.2, 0) is 9.59 Å². The van der Waals surface area contributed by atoms with Crippen LogP contribution in [0.3, 0.4) is 0 Å². The molecule has 1 aliphatic rings. The van der Waals surface area contributed by atoms with E-state index in [1.54, 1.807) is 30.3 Å². The van der Waals surface area contributed by atoms with Crippen molar-refractivity contribution >= 4 is 34.8 Å². The average Bonchev–Trinajstić information content (AvgIpc) is 2.72. The average molecular weight is 432 g/mol. The number of methoxy groups -OCH3 is 1. The Labute approximate surface area is 181 Å². The van der Waals surface area contributed by atoms with E-state index in [-0.39, 0.29) is 30.0 Å². The highest BCUT2D eigenvalue weighted by atomic mass is 35.5. The van der Waals surface area contributed by atoms with Crippen molar-refractivity contribution in [2.24, 2.45) is 5.92 Å². The number of amides is 2. The van der Waals surface area contributed by atoms with E-state index < -0.39 is 0 Å². The number of phenols is 1. The maximum absolute atomic E-state index is 12.5. The van der Waals surface area contributed by atoms with E-state index in [9.17, 15) is 14.7 Å². The van der Waals surface area contributed by atoms with Crippen molar-refractivity contribution in [1.29, 1.82) is 0 Å². The van der Waals surface area contributed by atoms with Crippen LogP contribution in [0.15, 0.2) is 36.4 Å². The van der Waals surface area contributed by atoms with Crippen molar-refractivity contribution in [3.8, 4) is 11.5 Å². The second-order valence-electron chi connectivity index (χ2n) is 7.41. The van der Waals surface area contributed by atoms with Crippen LogP contribution in [0.4, 0.5) is 11.4 Å². The SMILES string of the molecule is COc1cc(Cl)c(C)cc1NC(=O)CN1CCC(C(=O)Nc2ccccc2O)CC1. The zero-order chi connectivity index (χ0) is 21.7. The molecule has 1 fully saturated rings. The molecule has 0 saturated carbocycles. The van der Waals surface area contributed by atoms with E-state index in [4.69, 9.17) is 16.3 Å². The predicted molar refractivity (Wildman–Crippen MR) is 117 cm³/mol. The van der Waals surface area contributed by atoms with E-state index in [1.165, 1.54) is 13.2 Å². The Morgan fingerprint density at radius 3 is 2.53 bits per heavy atom. The van der Waals surface area contributed by atoms with Crippen LogP contribution in [0.2, 0.25) is 5.02 Å². The summed E-state index contributed by atoms with van der Waals surface area (Å²) in [6.07, 6.45) is 1.30. The summed E-state index contributed by atoms with van der Waals surface area (Å²) in [5, 5.41) is 16.0. The van der Waals surface area contributed by atoms with Gasteiger partial charge in [0.1, 0.15) is 11.5 Å². The highest BCUT2D eigenvalue weighted by Gasteiger charge is 2.26. The minimum atomic E-state index is -0.150. The number of nitrogens with zero attached hydrogens (tertiary/aromatic N) is 1. The molecule has 160 valence electrons. The maximum atomic E-state index is 12.5. The minimum Gasteiger partial charge on any atom is -0.506 e. The van der Waals surface area contributed by atoms with Gasteiger partial charge in [-0.05, 0) is 56.6 Å². The summed E-state index contributed by atoms with van der Waals surface area (Å²) in [7, 11) is 1.53.